The van der Waals surface area contributed by atoms with Gasteiger partial charge >= 0.3 is 0 Å². The summed E-state index contributed by atoms with van der Waals surface area (Å²) in [4.78, 5) is 0. The molecule has 0 radical (unpaired) electrons. The number of nitrogens with two attached hydrogens (primary N) is 1. The van der Waals surface area contributed by atoms with Gasteiger partial charge < -0.3 is 16.2 Å². The minimum absolute atomic E-state index is 0.0927. The molecule has 0 bridgehead atoms. The number of nitrogens with one attached hydrogen (secondary N) is 1. The summed E-state index contributed by atoms with van der Waals surface area (Å²) in [6.45, 7) is 5.71. The lowest BCUT2D eigenvalue weighted by molar-refractivity contribution is 0.118. The van der Waals surface area contributed by atoms with Gasteiger partial charge in [-0.25, -0.2) is 0 Å². The molecule has 3 unspecified atom stereocenters. The molecule has 0 amide bonds. The summed E-state index contributed by atoms with van der Waals surface area (Å²) in [6.07, 6.45) is 7.31. The third kappa shape index (κ3) is 2.25. The molecule has 2 aliphatic rings. The molecule has 2 saturated carbocycles. The Morgan fingerprint density at radius 3 is 2.53 bits per heavy atom. The molecule has 3 atom stereocenters. The monoisotopic (exact) mass is 240 g/mol. The van der Waals surface area contributed by atoms with Crippen molar-refractivity contribution in [3.8, 4) is 0 Å². The van der Waals surface area contributed by atoms with Crippen molar-refractivity contribution in [1.29, 1.82) is 0 Å². The second-order valence-electron chi connectivity index (χ2n) is 6.65. The van der Waals surface area contributed by atoms with E-state index in [0.29, 0.717) is 25.1 Å². The Labute approximate surface area is 105 Å². The van der Waals surface area contributed by atoms with Crippen LogP contribution >= 0.6 is 0 Å². The average molecular weight is 240 g/mol. The zero-order valence-electron chi connectivity index (χ0n) is 11.3. The first kappa shape index (κ1) is 13.3. The van der Waals surface area contributed by atoms with Crippen molar-refractivity contribution in [2.75, 3.05) is 13.2 Å². The van der Waals surface area contributed by atoms with Crippen LogP contribution in [0.15, 0.2) is 0 Å². The number of hydrogen-bond donors (Lipinski definition) is 3. The highest BCUT2D eigenvalue weighted by molar-refractivity contribution is 5.07. The van der Waals surface area contributed by atoms with E-state index < -0.39 is 0 Å². The molecule has 2 aliphatic carbocycles. The Balaban J connectivity index is 2.09. The first-order chi connectivity index (χ1) is 8.04. The third-order valence-electron chi connectivity index (χ3n) is 5.40. The number of rotatable bonds is 4. The highest BCUT2D eigenvalue weighted by Crippen LogP contribution is 2.46. The molecule has 0 aliphatic heterocycles. The van der Waals surface area contributed by atoms with Crippen molar-refractivity contribution in [3.05, 3.63) is 0 Å². The smallest absolute Gasteiger partial charge is 0.0474 e. The molecule has 3 nitrogen and oxygen atoms in total. The van der Waals surface area contributed by atoms with Gasteiger partial charge in [0.1, 0.15) is 0 Å². The maximum absolute atomic E-state index is 9.43. The molecule has 17 heavy (non-hydrogen) atoms. The lowest BCUT2D eigenvalue weighted by Crippen LogP contribution is -2.61. The van der Waals surface area contributed by atoms with E-state index in [1.807, 2.05) is 0 Å². The van der Waals surface area contributed by atoms with Gasteiger partial charge in [-0.05, 0) is 37.0 Å². The largest absolute Gasteiger partial charge is 0.396 e. The van der Waals surface area contributed by atoms with E-state index in [1.54, 1.807) is 0 Å². The van der Waals surface area contributed by atoms with Crippen LogP contribution < -0.4 is 11.1 Å². The third-order valence-corrected chi connectivity index (χ3v) is 5.40. The van der Waals surface area contributed by atoms with Crippen molar-refractivity contribution in [2.45, 2.75) is 64.0 Å². The fourth-order valence-electron chi connectivity index (χ4n) is 3.91. The predicted molar refractivity (Wildman–Crippen MR) is 70.8 cm³/mol. The first-order valence-electron chi connectivity index (χ1n) is 7.13. The summed E-state index contributed by atoms with van der Waals surface area (Å²) in [7, 11) is 0. The molecule has 0 saturated heterocycles. The molecule has 0 spiro atoms. The van der Waals surface area contributed by atoms with E-state index in [4.69, 9.17) is 5.73 Å². The minimum Gasteiger partial charge on any atom is -0.396 e. The predicted octanol–water partition coefficient (Wildman–Crippen LogP) is 1.64. The van der Waals surface area contributed by atoms with Crippen LogP contribution in [0.25, 0.3) is 0 Å². The normalized spacial score (nSPS) is 40.9. The topological polar surface area (TPSA) is 58.3 Å². The molecule has 3 heteroatoms. The fourth-order valence-corrected chi connectivity index (χ4v) is 3.91. The zero-order valence-corrected chi connectivity index (χ0v) is 11.3. The van der Waals surface area contributed by atoms with Crippen molar-refractivity contribution < 1.29 is 5.11 Å². The summed E-state index contributed by atoms with van der Waals surface area (Å²) in [5.41, 5.74) is 6.46. The van der Waals surface area contributed by atoms with Gasteiger partial charge in [0.05, 0.1) is 0 Å². The lowest BCUT2D eigenvalue weighted by Gasteiger charge is -2.44. The molecular formula is C14H28N2O. The lowest BCUT2D eigenvalue weighted by atomic mass is 9.74. The first-order valence-corrected chi connectivity index (χ1v) is 7.13. The Morgan fingerprint density at radius 1 is 1.24 bits per heavy atom. The molecule has 0 aromatic carbocycles. The number of aliphatic hydroxyl groups excluding tert-OH is 1. The standard InChI is InChI=1S/C14H28N2O/c1-13(2)7-4-8-14(13,10-15)16-12-6-3-5-11(12)9-17/h11-12,16-17H,3-10,15H2,1-2H3. The van der Waals surface area contributed by atoms with Gasteiger partial charge in [-0.3, -0.25) is 0 Å². The van der Waals surface area contributed by atoms with E-state index in [1.165, 1.54) is 32.1 Å². The molecule has 0 heterocycles. The van der Waals surface area contributed by atoms with Crippen LogP contribution in [0.4, 0.5) is 0 Å². The zero-order chi connectivity index (χ0) is 12.5. The van der Waals surface area contributed by atoms with Crippen LogP contribution in [0.3, 0.4) is 0 Å². The molecule has 0 aromatic rings. The summed E-state index contributed by atoms with van der Waals surface area (Å²) in [5.74, 6) is 0.440. The molecular weight excluding hydrogens is 212 g/mol. The Morgan fingerprint density at radius 2 is 2.00 bits per heavy atom. The van der Waals surface area contributed by atoms with Crippen LogP contribution in [0.2, 0.25) is 0 Å². The number of aliphatic hydroxyl groups is 1. The van der Waals surface area contributed by atoms with E-state index in [-0.39, 0.29) is 11.0 Å². The maximum Gasteiger partial charge on any atom is 0.0474 e. The summed E-state index contributed by atoms with van der Waals surface area (Å²) in [5, 5.41) is 13.3. The molecule has 2 rings (SSSR count). The molecule has 0 aromatic heterocycles. The number of hydrogen-bond acceptors (Lipinski definition) is 3. The van der Waals surface area contributed by atoms with Crippen LogP contribution in [-0.2, 0) is 0 Å². The highest BCUT2D eigenvalue weighted by Gasteiger charge is 2.49. The quantitative estimate of drug-likeness (QED) is 0.700. The van der Waals surface area contributed by atoms with Crippen molar-refractivity contribution >= 4 is 0 Å². The van der Waals surface area contributed by atoms with E-state index in [2.05, 4.69) is 19.2 Å². The Bertz CT molecular complexity index is 267. The summed E-state index contributed by atoms with van der Waals surface area (Å²) < 4.78 is 0. The van der Waals surface area contributed by atoms with E-state index >= 15 is 0 Å². The van der Waals surface area contributed by atoms with E-state index in [0.717, 1.165) is 6.42 Å². The van der Waals surface area contributed by atoms with Crippen molar-refractivity contribution in [2.24, 2.45) is 17.1 Å². The molecule has 2 fully saturated rings. The average Bonchev–Trinajstić information content (AvgIpc) is 2.84. The van der Waals surface area contributed by atoms with Gasteiger partial charge in [-0.2, -0.15) is 0 Å². The molecule has 4 N–H and O–H groups in total. The fraction of sp³-hybridized carbons (Fsp3) is 1.00. The van der Waals surface area contributed by atoms with Crippen LogP contribution in [0.5, 0.6) is 0 Å². The van der Waals surface area contributed by atoms with Crippen molar-refractivity contribution in [1.82, 2.24) is 5.32 Å². The minimum atomic E-state index is 0.0927. The van der Waals surface area contributed by atoms with Gasteiger partial charge in [0, 0.05) is 24.7 Å². The maximum atomic E-state index is 9.43. The molecule has 100 valence electrons. The Hall–Kier alpha value is -0.120. The Kier molecular flexibility index (Phi) is 3.81. The van der Waals surface area contributed by atoms with Gasteiger partial charge in [0.2, 0.25) is 0 Å². The second kappa shape index (κ2) is 4.87. The van der Waals surface area contributed by atoms with Crippen molar-refractivity contribution in [3.63, 3.8) is 0 Å². The van der Waals surface area contributed by atoms with Crippen LogP contribution in [0, 0.1) is 11.3 Å². The van der Waals surface area contributed by atoms with Gasteiger partial charge in [-0.15, -0.1) is 0 Å². The SMILES string of the molecule is CC1(C)CCCC1(CN)NC1CCCC1CO. The van der Waals surface area contributed by atoms with Gasteiger partial charge in [-0.1, -0.05) is 26.7 Å². The summed E-state index contributed by atoms with van der Waals surface area (Å²) in [6, 6.07) is 0.473. The highest BCUT2D eigenvalue weighted by atomic mass is 16.3. The van der Waals surface area contributed by atoms with Gasteiger partial charge in [0.15, 0.2) is 0 Å². The summed E-state index contributed by atoms with van der Waals surface area (Å²) >= 11 is 0. The van der Waals surface area contributed by atoms with Gasteiger partial charge in [0.25, 0.3) is 0 Å². The van der Waals surface area contributed by atoms with Crippen LogP contribution in [0.1, 0.15) is 52.4 Å². The second-order valence-corrected chi connectivity index (χ2v) is 6.65. The van der Waals surface area contributed by atoms with Crippen LogP contribution in [-0.4, -0.2) is 29.8 Å². The van der Waals surface area contributed by atoms with E-state index in [9.17, 15) is 5.11 Å².